The first-order valence-corrected chi connectivity index (χ1v) is 4.52. The number of aliphatic carboxylic acids is 1. The minimum absolute atomic E-state index is 0.241. The number of carboxylic acids is 1. The number of nitro groups is 1. The smallest absolute Gasteiger partial charge is 0.390 e. The van der Waals surface area contributed by atoms with Gasteiger partial charge in [-0.15, -0.1) is 0 Å². The van der Waals surface area contributed by atoms with Crippen LogP contribution in [0.5, 0.6) is 0 Å². The lowest BCUT2D eigenvalue weighted by Crippen LogP contribution is -2.12. The number of hydrogen-bond acceptors (Lipinski definition) is 4. The van der Waals surface area contributed by atoms with E-state index in [1.165, 1.54) is 10.7 Å². The highest BCUT2D eigenvalue weighted by Crippen LogP contribution is 2.41. The lowest BCUT2D eigenvalue weighted by Gasteiger charge is -1.96. The van der Waals surface area contributed by atoms with Gasteiger partial charge in [-0.2, -0.15) is 4.68 Å². The van der Waals surface area contributed by atoms with Crippen molar-refractivity contribution in [2.45, 2.75) is 25.3 Å². The van der Waals surface area contributed by atoms with Crippen LogP contribution in [0.25, 0.3) is 0 Å². The Morgan fingerprint density at radius 1 is 1.73 bits per heavy atom. The number of carbonyl (C=O) groups is 1. The molecule has 1 heterocycles. The van der Waals surface area contributed by atoms with Crippen molar-refractivity contribution < 1.29 is 14.8 Å². The van der Waals surface area contributed by atoms with E-state index in [0.717, 1.165) is 12.8 Å². The highest BCUT2D eigenvalue weighted by molar-refractivity contribution is 5.66. The molecule has 1 fully saturated rings. The Morgan fingerprint density at radius 2 is 2.40 bits per heavy atom. The van der Waals surface area contributed by atoms with Gasteiger partial charge >= 0.3 is 11.8 Å². The van der Waals surface area contributed by atoms with Gasteiger partial charge < -0.3 is 15.2 Å². The first kappa shape index (κ1) is 9.63. The molecule has 0 bridgehead atoms. The molecule has 1 N–H and O–H groups in total. The van der Waals surface area contributed by atoms with Gasteiger partial charge in [0.15, 0.2) is 6.54 Å². The van der Waals surface area contributed by atoms with Crippen LogP contribution in [0.4, 0.5) is 5.82 Å². The summed E-state index contributed by atoms with van der Waals surface area (Å²) in [5.74, 6) is -1.08. The van der Waals surface area contributed by atoms with E-state index in [4.69, 9.17) is 5.11 Å². The van der Waals surface area contributed by atoms with E-state index in [0.29, 0.717) is 5.69 Å². The first-order valence-electron chi connectivity index (χ1n) is 4.52. The number of aromatic nitrogens is 2. The molecule has 7 nitrogen and oxygen atoms in total. The minimum atomic E-state index is -1.05. The predicted octanol–water partition coefficient (Wildman–Crippen LogP) is 0.753. The second kappa shape index (κ2) is 3.34. The molecule has 0 aliphatic heterocycles. The summed E-state index contributed by atoms with van der Waals surface area (Å²) >= 11 is 0. The Morgan fingerprint density at radius 3 is 2.87 bits per heavy atom. The number of rotatable bonds is 4. The van der Waals surface area contributed by atoms with Gasteiger partial charge in [-0.1, -0.05) is 0 Å². The zero-order chi connectivity index (χ0) is 11.0. The summed E-state index contributed by atoms with van der Waals surface area (Å²) in [6, 6.07) is 1.36. The second-order valence-corrected chi connectivity index (χ2v) is 3.51. The summed E-state index contributed by atoms with van der Waals surface area (Å²) < 4.78 is 1.21. The van der Waals surface area contributed by atoms with Gasteiger partial charge in [-0.05, 0) is 17.8 Å². The van der Waals surface area contributed by atoms with Gasteiger partial charge in [0.1, 0.15) is 0 Å². The molecule has 1 aromatic heterocycles. The molecule has 0 unspecified atom stereocenters. The third kappa shape index (κ3) is 1.95. The third-order valence-corrected chi connectivity index (χ3v) is 2.27. The standard InChI is InChI=1S/C8H9N3O4/c12-8(13)4-10-6(5-1-2-5)3-7(9-10)11(14)15/h3,5H,1-2,4H2,(H,12,13). The molecule has 2 rings (SSSR count). The molecule has 1 aliphatic rings. The molecule has 0 amide bonds. The number of carboxylic acid groups (broad SMARTS) is 1. The van der Waals surface area contributed by atoms with Crippen molar-refractivity contribution in [2.24, 2.45) is 0 Å². The van der Waals surface area contributed by atoms with E-state index in [1.54, 1.807) is 0 Å². The van der Waals surface area contributed by atoms with Crippen LogP contribution in [-0.2, 0) is 11.3 Å². The lowest BCUT2D eigenvalue weighted by molar-refractivity contribution is -0.389. The Hall–Kier alpha value is -1.92. The highest BCUT2D eigenvalue weighted by Gasteiger charge is 2.32. The van der Waals surface area contributed by atoms with Gasteiger partial charge in [-0.3, -0.25) is 4.79 Å². The van der Waals surface area contributed by atoms with Crippen molar-refractivity contribution in [2.75, 3.05) is 0 Å². The number of hydrogen-bond donors (Lipinski definition) is 1. The molecular weight excluding hydrogens is 202 g/mol. The Labute approximate surface area is 84.5 Å². The Kier molecular flexibility index (Phi) is 2.14. The normalized spacial score (nSPS) is 15.2. The molecule has 1 saturated carbocycles. The van der Waals surface area contributed by atoms with Crippen LogP contribution < -0.4 is 0 Å². The van der Waals surface area contributed by atoms with Crippen LogP contribution in [0.15, 0.2) is 6.07 Å². The van der Waals surface area contributed by atoms with Crippen LogP contribution in [0.2, 0.25) is 0 Å². The quantitative estimate of drug-likeness (QED) is 0.585. The maximum Gasteiger partial charge on any atom is 0.390 e. The third-order valence-electron chi connectivity index (χ3n) is 2.27. The van der Waals surface area contributed by atoms with Crippen LogP contribution in [0.1, 0.15) is 24.5 Å². The fourth-order valence-electron chi connectivity index (χ4n) is 1.47. The van der Waals surface area contributed by atoms with Gasteiger partial charge in [-0.25, -0.2) is 0 Å². The second-order valence-electron chi connectivity index (χ2n) is 3.51. The molecule has 0 spiro atoms. The van der Waals surface area contributed by atoms with Crippen LogP contribution in [0, 0.1) is 10.1 Å². The van der Waals surface area contributed by atoms with Crippen molar-refractivity contribution in [1.29, 1.82) is 0 Å². The summed E-state index contributed by atoms with van der Waals surface area (Å²) in [5, 5.41) is 22.7. The topological polar surface area (TPSA) is 98.3 Å². The van der Waals surface area contributed by atoms with Crippen molar-refractivity contribution in [3.63, 3.8) is 0 Å². The maximum absolute atomic E-state index is 10.5. The van der Waals surface area contributed by atoms with E-state index >= 15 is 0 Å². The Bertz CT molecular complexity index is 422. The van der Waals surface area contributed by atoms with Crippen molar-refractivity contribution in [3.05, 3.63) is 21.9 Å². The van der Waals surface area contributed by atoms with Crippen molar-refractivity contribution >= 4 is 11.8 Å². The van der Waals surface area contributed by atoms with Crippen molar-refractivity contribution in [1.82, 2.24) is 9.78 Å². The van der Waals surface area contributed by atoms with E-state index in [1.807, 2.05) is 0 Å². The van der Waals surface area contributed by atoms with Gasteiger partial charge in [0.05, 0.1) is 16.9 Å². The molecular formula is C8H9N3O4. The zero-order valence-corrected chi connectivity index (χ0v) is 7.79. The fourth-order valence-corrected chi connectivity index (χ4v) is 1.47. The van der Waals surface area contributed by atoms with Crippen molar-refractivity contribution in [3.8, 4) is 0 Å². The van der Waals surface area contributed by atoms with Gasteiger partial charge in [0, 0.05) is 5.92 Å². The van der Waals surface area contributed by atoms with E-state index in [2.05, 4.69) is 5.10 Å². The van der Waals surface area contributed by atoms with Crippen LogP contribution in [0.3, 0.4) is 0 Å². The van der Waals surface area contributed by atoms with E-state index in [9.17, 15) is 14.9 Å². The van der Waals surface area contributed by atoms with Crippen LogP contribution >= 0.6 is 0 Å². The molecule has 80 valence electrons. The number of nitrogens with zero attached hydrogens (tertiary/aromatic N) is 3. The zero-order valence-electron chi connectivity index (χ0n) is 7.79. The summed E-state index contributed by atoms with van der Waals surface area (Å²) in [4.78, 5) is 20.4. The predicted molar refractivity (Wildman–Crippen MR) is 48.5 cm³/mol. The SMILES string of the molecule is O=C(O)Cn1nc([N+](=O)[O-])cc1C1CC1. The molecule has 0 aromatic carbocycles. The molecule has 7 heteroatoms. The summed E-state index contributed by atoms with van der Waals surface area (Å²) in [5.41, 5.74) is 0.657. The summed E-state index contributed by atoms with van der Waals surface area (Å²) in [6.45, 7) is -0.320. The summed E-state index contributed by atoms with van der Waals surface area (Å²) in [7, 11) is 0. The Balaban J connectivity index is 2.32. The van der Waals surface area contributed by atoms with E-state index in [-0.39, 0.29) is 18.3 Å². The molecule has 1 aliphatic carbocycles. The largest absolute Gasteiger partial charge is 0.480 e. The molecule has 0 saturated heterocycles. The van der Waals surface area contributed by atoms with Gasteiger partial charge in [0.25, 0.3) is 0 Å². The minimum Gasteiger partial charge on any atom is -0.480 e. The molecule has 15 heavy (non-hydrogen) atoms. The first-order chi connectivity index (χ1) is 7.08. The van der Waals surface area contributed by atoms with Gasteiger partial charge in [0.2, 0.25) is 0 Å². The fraction of sp³-hybridized carbons (Fsp3) is 0.500. The lowest BCUT2D eigenvalue weighted by atomic mass is 10.3. The summed E-state index contributed by atoms with van der Waals surface area (Å²) in [6.07, 6.45) is 1.89. The molecule has 0 atom stereocenters. The maximum atomic E-state index is 10.5. The highest BCUT2D eigenvalue weighted by atomic mass is 16.6. The van der Waals surface area contributed by atoms with Crippen LogP contribution in [-0.4, -0.2) is 25.8 Å². The molecule has 1 aromatic rings. The van der Waals surface area contributed by atoms with E-state index < -0.39 is 10.9 Å². The average Bonchev–Trinajstić information content (AvgIpc) is 2.88. The average molecular weight is 211 g/mol. The monoisotopic (exact) mass is 211 g/mol. The molecule has 0 radical (unpaired) electrons.